The van der Waals surface area contributed by atoms with Crippen LogP contribution in [0.1, 0.15) is 43.7 Å². The van der Waals surface area contributed by atoms with Gasteiger partial charge in [0.1, 0.15) is 6.04 Å². The second-order valence-corrected chi connectivity index (χ2v) is 6.95. The van der Waals surface area contributed by atoms with E-state index in [-0.39, 0.29) is 0 Å². The van der Waals surface area contributed by atoms with E-state index in [1.165, 1.54) is 42.5 Å². The highest BCUT2D eigenvalue weighted by molar-refractivity contribution is 5.73. The number of aliphatic carboxylic acids is 1. The number of likely N-dealkylation sites (N-methyl/N-ethyl adjacent to an activating group) is 1. The summed E-state index contributed by atoms with van der Waals surface area (Å²) in [7, 11) is 0. The van der Waals surface area contributed by atoms with Crippen LogP contribution >= 0.6 is 0 Å². The smallest absolute Gasteiger partial charge is 0.320 e. The number of carboxylic acid groups (broad SMARTS) is 1. The molecule has 2 N–H and O–H groups in total. The summed E-state index contributed by atoms with van der Waals surface area (Å²) in [4.78, 5) is 13.7. The Kier molecular flexibility index (Phi) is 5.21. The van der Waals surface area contributed by atoms with E-state index in [9.17, 15) is 9.90 Å². The molecule has 23 heavy (non-hydrogen) atoms. The van der Waals surface area contributed by atoms with Gasteiger partial charge in [0.25, 0.3) is 0 Å². The van der Waals surface area contributed by atoms with Crippen LogP contribution in [0, 0.1) is 5.92 Å². The molecule has 1 heterocycles. The molecule has 0 amide bonds. The Balaban J connectivity index is 1.62. The number of benzene rings is 1. The Morgan fingerprint density at radius 3 is 2.87 bits per heavy atom. The van der Waals surface area contributed by atoms with E-state index >= 15 is 0 Å². The summed E-state index contributed by atoms with van der Waals surface area (Å²) in [6.45, 7) is 4.69. The maximum absolute atomic E-state index is 11.3. The molecule has 0 spiro atoms. The third-order valence-corrected chi connectivity index (χ3v) is 5.30. The zero-order valence-corrected chi connectivity index (χ0v) is 14.1. The number of nitrogens with one attached hydrogen (secondary N) is 1. The Bertz CT molecular complexity index is 558. The summed E-state index contributed by atoms with van der Waals surface area (Å²) in [5, 5.41) is 12.4. The second kappa shape index (κ2) is 7.35. The summed E-state index contributed by atoms with van der Waals surface area (Å²) in [6.07, 6.45) is 6.88. The molecule has 1 aromatic rings. The van der Waals surface area contributed by atoms with Gasteiger partial charge in [-0.05, 0) is 74.2 Å². The van der Waals surface area contributed by atoms with Crippen molar-refractivity contribution < 1.29 is 9.90 Å². The van der Waals surface area contributed by atoms with Gasteiger partial charge < -0.3 is 15.3 Å². The van der Waals surface area contributed by atoms with E-state index in [1.807, 2.05) is 6.92 Å². The third-order valence-electron chi connectivity index (χ3n) is 5.30. The van der Waals surface area contributed by atoms with Crippen LogP contribution in [-0.4, -0.2) is 36.8 Å². The first-order chi connectivity index (χ1) is 11.2. The summed E-state index contributed by atoms with van der Waals surface area (Å²) in [6, 6.07) is 6.52. The number of nitrogens with zero attached hydrogens (tertiary/aromatic N) is 1. The van der Waals surface area contributed by atoms with Gasteiger partial charge >= 0.3 is 5.97 Å². The van der Waals surface area contributed by atoms with Gasteiger partial charge in [0.2, 0.25) is 0 Å². The zero-order valence-electron chi connectivity index (χ0n) is 14.1. The molecule has 0 bridgehead atoms. The van der Waals surface area contributed by atoms with Gasteiger partial charge in [0.05, 0.1) is 0 Å². The van der Waals surface area contributed by atoms with Crippen molar-refractivity contribution in [1.29, 1.82) is 0 Å². The van der Waals surface area contributed by atoms with Crippen molar-refractivity contribution in [3.63, 3.8) is 0 Å². The number of carbonyl (C=O) groups is 1. The molecule has 1 aliphatic heterocycles. The van der Waals surface area contributed by atoms with Crippen molar-refractivity contribution >= 4 is 11.7 Å². The van der Waals surface area contributed by atoms with Gasteiger partial charge in [-0.15, -0.1) is 0 Å². The van der Waals surface area contributed by atoms with Gasteiger partial charge in [-0.1, -0.05) is 13.0 Å². The van der Waals surface area contributed by atoms with Crippen LogP contribution < -0.4 is 10.2 Å². The van der Waals surface area contributed by atoms with E-state index in [0.29, 0.717) is 12.5 Å². The van der Waals surface area contributed by atoms with Crippen molar-refractivity contribution in [3.8, 4) is 0 Å². The van der Waals surface area contributed by atoms with Gasteiger partial charge in [-0.3, -0.25) is 4.79 Å². The van der Waals surface area contributed by atoms with Crippen molar-refractivity contribution in [2.45, 2.75) is 51.5 Å². The van der Waals surface area contributed by atoms with E-state index in [0.717, 1.165) is 25.9 Å². The van der Waals surface area contributed by atoms with E-state index < -0.39 is 12.0 Å². The van der Waals surface area contributed by atoms with Crippen LogP contribution in [0.5, 0.6) is 0 Å². The Hall–Kier alpha value is -1.55. The first-order valence-corrected chi connectivity index (χ1v) is 9.00. The topological polar surface area (TPSA) is 52.6 Å². The molecule has 2 unspecified atom stereocenters. The van der Waals surface area contributed by atoms with Gasteiger partial charge in [-0.25, -0.2) is 0 Å². The van der Waals surface area contributed by atoms with Crippen LogP contribution in [0.25, 0.3) is 0 Å². The zero-order chi connectivity index (χ0) is 16.2. The molecule has 0 radical (unpaired) electrons. The molecule has 1 saturated heterocycles. The Labute approximate surface area is 138 Å². The molecule has 0 saturated carbocycles. The average molecular weight is 316 g/mol. The minimum atomic E-state index is -0.723. The molecule has 1 aliphatic carbocycles. The first kappa shape index (κ1) is 16.3. The van der Waals surface area contributed by atoms with Crippen LogP contribution in [-0.2, 0) is 17.6 Å². The minimum Gasteiger partial charge on any atom is -0.480 e. The summed E-state index contributed by atoms with van der Waals surface area (Å²) in [5.74, 6) is -0.259. The number of hydrogen-bond acceptors (Lipinski definition) is 3. The van der Waals surface area contributed by atoms with Crippen LogP contribution in [0.4, 0.5) is 5.69 Å². The van der Waals surface area contributed by atoms with Crippen molar-refractivity contribution in [3.05, 3.63) is 29.3 Å². The number of aryl methyl sites for hydroxylation is 2. The summed E-state index contributed by atoms with van der Waals surface area (Å²) >= 11 is 0. The maximum atomic E-state index is 11.3. The monoisotopic (exact) mass is 316 g/mol. The van der Waals surface area contributed by atoms with E-state index in [2.05, 4.69) is 28.4 Å². The van der Waals surface area contributed by atoms with Crippen molar-refractivity contribution in [1.82, 2.24) is 5.32 Å². The SMILES string of the molecule is CCNC(CC1CCN(c2ccc3c(c2)CCCC3)C1)C(=O)O. The summed E-state index contributed by atoms with van der Waals surface area (Å²) in [5.41, 5.74) is 4.37. The largest absolute Gasteiger partial charge is 0.480 e. The van der Waals surface area contributed by atoms with Crippen molar-refractivity contribution in [2.75, 3.05) is 24.5 Å². The number of hydrogen-bond donors (Lipinski definition) is 2. The maximum Gasteiger partial charge on any atom is 0.320 e. The molecular formula is C19H28N2O2. The predicted molar refractivity (Wildman–Crippen MR) is 93.1 cm³/mol. The minimum absolute atomic E-state index is 0.409. The summed E-state index contributed by atoms with van der Waals surface area (Å²) < 4.78 is 0. The second-order valence-electron chi connectivity index (χ2n) is 6.95. The van der Waals surface area contributed by atoms with E-state index in [4.69, 9.17) is 0 Å². The fourth-order valence-corrected chi connectivity index (χ4v) is 4.03. The molecule has 126 valence electrons. The molecule has 1 fully saturated rings. The van der Waals surface area contributed by atoms with Gasteiger partial charge in [-0.2, -0.15) is 0 Å². The number of rotatable bonds is 6. The fraction of sp³-hybridized carbons (Fsp3) is 0.632. The molecule has 4 heteroatoms. The highest BCUT2D eigenvalue weighted by Crippen LogP contribution is 2.30. The molecule has 2 atom stereocenters. The molecule has 0 aromatic heterocycles. The molecule has 3 rings (SSSR count). The number of carboxylic acids is 1. The van der Waals surface area contributed by atoms with Crippen LogP contribution in [0.15, 0.2) is 18.2 Å². The predicted octanol–water partition coefficient (Wildman–Crippen LogP) is 2.84. The first-order valence-electron chi connectivity index (χ1n) is 9.00. The average Bonchev–Trinajstić information content (AvgIpc) is 3.02. The van der Waals surface area contributed by atoms with Crippen LogP contribution in [0.3, 0.4) is 0 Å². The number of anilines is 1. The van der Waals surface area contributed by atoms with Gasteiger partial charge in [0, 0.05) is 18.8 Å². The Morgan fingerprint density at radius 1 is 1.35 bits per heavy atom. The molecule has 4 nitrogen and oxygen atoms in total. The number of fused-ring (bicyclic) bond motifs is 1. The fourth-order valence-electron chi connectivity index (χ4n) is 4.03. The molecule has 1 aromatic carbocycles. The Morgan fingerprint density at radius 2 is 2.13 bits per heavy atom. The standard InChI is InChI=1S/C19H28N2O2/c1-2-20-18(19(22)23)11-14-9-10-21(13-14)17-8-7-15-5-3-4-6-16(15)12-17/h7-8,12,14,18,20H,2-6,9-11,13H2,1H3,(H,22,23). The third kappa shape index (κ3) is 3.86. The van der Waals surface area contributed by atoms with Gasteiger partial charge in [0.15, 0.2) is 0 Å². The van der Waals surface area contributed by atoms with E-state index in [1.54, 1.807) is 0 Å². The lowest BCUT2D eigenvalue weighted by atomic mass is 9.91. The highest BCUT2D eigenvalue weighted by atomic mass is 16.4. The lowest BCUT2D eigenvalue weighted by molar-refractivity contribution is -0.139. The molecule has 2 aliphatic rings. The van der Waals surface area contributed by atoms with Crippen LogP contribution in [0.2, 0.25) is 0 Å². The quantitative estimate of drug-likeness (QED) is 0.847. The highest BCUT2D eigenvalue weighted by Gasteiger charge is 2.28. The lowest BCUT2D eigenvalue weighted by Gasteiger charge is -2.23. The normalized spacial score (nSPS) is 22.0. The lowest BCUT2D eigenvalue weighted by Crippen LogP contribution is -2.38. The van der Waals surface area contributed by atoms with Crippen molar-refractivity contribution in [2.24, 2.45) is 5.92 Å². The molecular weight excluding hydrogens is 288 g/mol.